The standard InChI is InChI=1S/2C18H34O2.C4H6O2.Zn/c2*1-2-3-4-5-6-7-8-9-10-11-12-13-14-15-16-17-18(19)20;1-3-4(5)6-2;/h2*9-10H,2-8,11-17H2,1H3,(H,19,20);3H,1H2,2H3;/q;;;+2/p-2/b2*10-9-;;. The second kappa shape index (κ2) is 48.6. The molecule has 0 fully saturated rings. The van der Waals surface area contributed by atoms with E-state index in [0.29, 0.717) is 0 Å². The summed E-state index contributed by atoms with van der Waals surface area (Å²) < 4.78 is 4.14. The first-order valence-electron chi connectivity index (χ1n) is 18.8. The van der Waals surface area contributed by atoms with Crippen LogP contribution in [0.4, 0.5) is 0 Å². The van der Waals surface area contributed by atoms with Crippen LogP contribution < -0.4 is 10.2 Å². The summed E-state index contributed by atoms with van der Waals surface area (Å²) in [7, 11) is 1.31. The third kappa shape index (κ3) is 60.1. The zero-order valence-electron chi connectivity index (χ0n) is 31.0. The fraction of sp³-hybridized carbons (Fsp3) is 0.775. The van der Waals surface area contributed by atoms with Crippen LogP contribution in [0, 0.1) is 0 Å². The molecule has 0 aromatic carbocycles. The predicted molar refractivity (Wildman–Crippen MR) is 191 cm³/mol. The molecule has 0 atom stereocenters. The van der Waals surface area contributed by atoms with Gasteiger partial charge in [0.25, 0.3) is 0 Å². The van der Waals surface area contributed by atoms with Crippen LogP contribution in [0.25, 0.3) is 0 Å². The Labute approximate surface area is 303 Å². The van der Waals surface area contributed by atoms with E-state index >= 15 is 0 Å². The summed E-state index contributed by atoms with van der Waals surface area (Å²) in [4.78, 5) is 30.3. The fourth-order valence-corrected chi connectivity index (χ4v) is 4.76. The van der Waals surface area contributed by atoms with Crippen molar-refractivity contribution in [1.29, 1.82) is 0 Å². The molecule has 0 heterocycles. The minimum atomic E-state index is -0.914. The largest absolute Gasteiger partial charge is 2.00 e. The molecule has 0 amide bonds. The number of aliphatic carboxylic acids is 2. The number of hydrogen-bond donors (Lipinski definition) is 0. The summed E-state index contributed by atoms with van der Waals surface area (Å²) in [5.41, 5.74) is 0. The molecule has 0 aromatic rings. The minimum absolute atomic E-state index is 0. The molecule has 47 heavy (non-hydrogen) atoms. The zero-order valence-corrected chi connectivity index (χ0v) is 34.0. The molecular formula is C40H72O6Zn. The third-order valence-corrected chi connectivity index (χ3v) is 7.65. The van der Waals surface area contributed by atoms with E-state index in [2.05, 4.69) is 49.5 Å². The van der Waals surface area contributed by atoms with Crippen LogP contribution in [0.1, 0.15) is 194 Å². The molecular weight excluding hydrogens is 642 g/mol. The number of carboxylic acids is 2. The zero-order chi connectivity index (χ0) is 34.8. The first-order valence-corrected chi connectivity index (χ1v) is 18.8. The van der Waals surface area contributed by atoms with E-state index in [1.165, 1.54) is 136 Å². The molecule has 0 bridgehead atoms. The molecule has 0 N–H and O–H groups in total. The summed E-state index contributed by atoms with van der Waals surface area (Å²) in [6.07, 6.45) is 42.9. The number of ether oxygens (including phenoxy) is 1. The fourth-order valence-electron chi connectivity index (χ4n) is 4.76. The Morgan fingerprint density at radius 2 is 0.745 bits per heavy atom. The average molecular weight is 714 g/mol. The molecule has 0 aliphatic rings. The normalized spacial score (nSPS) is 10.4. The molecule has 0 spiro atoms. The van der Waals surface area contributed by atoms with Gasteiger partial charge in [-0.1, -0.05) is 147 Å². The summed E-state index contributed by atoms with van der Waals surface area (Å²) in [5, 5.41) is 20.4. The Morgan fingerprint density at radius 1 is 0.489 bits per heavy atom. The van der Waals surface area contributed by atoms with Gasteiger partial charge in [0, 0.05) is 18.0 Å². The van der Waals surface area contributed by atoms with Crippen LogP contribution in [0.15, 0.2) is 37.0 Å². The first-order chi connectivity index (χ1) is 22.3. The van der Waals surface area contributed by atoms with Crippen molar-refractivity contribution in [2.75, 3.05) is 7.11 Å². The van der Waals surface area contributed by atoms with E-state index in [0.717, 1.165) is 44.6 Å². The van der Waals surface area contributed by atoms with Crippen LogP contribution in [0.3, 0.4) is 0 Å². The molecule has 0 aliphatic heterocycles. The molecule has 6 nitrogen and oxygen atoms in total. The SMILES string of the molecule is C=CC(=O)OC.CCCCCCCC/C=C\CCCCCCCC(=O)[O-].CCCCCCCC/C=C\CCCCCCCC(=O)[O-].[Zn+2]. The quantitative estimate of drug-likeness (QED) is 0.0233. The van der Waals surface area contributed by atoms with Crippen molar-refractivity contribution in [3.8, 4) is 0 Å². The molecule has 0 unspecified atom stereocenters. The predicted octanol–water partition coefficient (Wildman–Crippen LogP) is 9.89. The molecule has 7 heteroatoms. The number of allylic oxidation sites excluding steroid dienone is 4. The molecule has 0 aromatic heterocycles. The smallest absolute Gasteiger partial charge is 0.550 e. The maximum absolute atomic E-state index is 10.2. The van der Waals surface area contributed by atoms with Crippen molar-refractivity contribution < 1.29 is 48.8 Å². The van der Waals surface area contributed by atoms with Gasteiger partial charge in [0.1, 0.15) is 0 Å². The van der Waals surface area contributed by atoms with Crippen molar-refractivity contribution in [1.82, 2.24) is 0 Å². The third-order valence-electron chi connectivity index (χ3n) is 7.65. The molecule has 0 radical (unpaired) electrons. The first kappa shape index (κ1) is 52.1. The van der Waals surface area contributed by atoms with Gasteiger partial charge < -0.3 is 24.5 Å². The number of unbranched alkanes of at least 4 members (excludes halogenated alkanes) is 22. The Balaban J connectivity index is -0.000000329. The van der Waals surface area contributed by atoms with Crippen LogP contribution >= 0.6 is 0 Å². The van der Waals surface area contributed by atoms with E-state index in [9.17, 15) is 24.6 Å². The number of hydrogen-bond acceptors (Lipinski definition) is 6. The number of carbonyl (C=O) groups is 3. The Hall–Kier alpha value is -1.75. The Kier molecular flexibility index (Phi) is 53.9. The van der Waals surface area contributed by atoms with Crippen molar-refractivity contribution in [3.05, 3.63) is 37.0 Å². The van der Waals surface area contributed by atoms with Gasteiger partial charge in [-0.3, -0.25) is 0 Å². The topological polar surface area (TPSA) is 107 Å². The maximum atomic E-state index is 10.2. The van der Waals surface area contributed by atoms with Gasteiger partial charge in [0.2, 0.25) is 0 Å². The Morgan fingerprint density at radius 3 is 0.957 bits per heavy atom. The van der Waals surface area contributed by atoms with E-state index in [1.807, 2.05) is 0 Å². The number of rotatable bonds is 31. The number of carboxylic acid groups (broad SMARTS) is 2. The van der Waals surface area contributed by atoms with Crippen molar-refractivity contribution in [2.45, 2.75) is 194 Å². The number of carbonyl (C=O) groups excluding carboxylic acids is 3. The molecule has 0 saturated carbocycles. The summed E-state index contributed by atoms with van der Waals surface area (Å²) >= 11 is 0. The molecule has 270 valence electrons. The van der Waals surface area contributed by atoms with E-state index < -0.39 is 17.9 Å². The van der Waals surface area contributed by atoms with Crippen molar-refractivity contribution in [3.63, 3.8) is 0 Å². The van der Waals surface area contributed by atoms with Crippen LogP contribution in [0.2, 0.25) is 0 Å². The van der Waals surface area contributed by atoms with Gasteiger partial charge in [0.05, 0.1) is 7.11 Å². The van der Waals surface area contributed by atoms with Gasteiger partial charge >= 0.3 is 25.4 Å². The second-order valence-corrected chi connectivity index (χ2v) is 12.1. The maximum Gasteiger partial charge on any atom is 2.00 e. The van der Waals surface area contributed by atoms with Gasteiger partial charge in [-0.2, -0.15) is 0 Å². The van der Waals surface area contributed by atoms with Gasteiger partial charge in [-0.25, -0.2) is 4.79 Å². The van der Waals surface area contributed by atoms with Gasteiger partial charge in [-0.15, -0.1) is 0 Å². The molecule has 0 rings (SSSR count). The average Bonchev–Trinajstić information content (AvgIpc) is 3.04. The van der Waals surface area contributed by atoms with Crippen LogP contribution in [-0.2, 0) is 38.6 Å². The van der Waals surface area contributed by atoms with Crippen molar-refractivity contribution in [2.24, 2.45) is 0 Å². The van der Waals surface area contributed by atoms with E-state index in [4.69, 9.17) is 0 Å². The van der Waals surface area contributed by atoms with Gasteiger partial charge in [-0.05, 0) is 77.0 Å². The van der Waals surface area contributed by atoms with Crippen molar-refractivity contribution >= 4 is 17.9 Å². The van der Waals surface area contributed by atoms with Crippen LogP contribution in [0.5, 0.6) is 0 Å². The minimum Gasteiger partial charge on any atom is -0.550 e. The second-order valence-electron chi connectivity index (χ2n) is 12.1. The molecule has 0 aliphatic carbocycles. The Bertz CT molecular complexity index is 670. The summed E-state index contributed by atoms with van der Waals surface area (Å²) in [6.45, 7) is 7.67. The van der Waals surface area contributed by atoms with E-state index in [1.54, 1.807) is 0 Å². The number of esters is 1. The summed E-state index contributed by atoms with van der Waals surface area (Å²) in [5.74, 6) is -2.22. The summed E-state index contributed by atoms with van der Waals surface area (Å²) in [6, 6.07) is 0. The molecule has 0 saturated heterocycles. The monoisotopic (exact) mass is 712 g/mol. The van der Waals surface area contributed by atoms with Gasteiger partial charge in [0.15, 0.2) is 0 Å². The van der Waals surface area contributed by atoms with E-state index in [-0.39, 0.29) is 32.3 Å². The van der Waals surface area contributed by atoms with Crippen LogP contribution in [-0.4, -0.2) is 25.0 Å². The number of methoxy groups -OCH3 is 1.